The van der Waals surface area contributed by atoms with E-state index >= 15 is 0 Å². The SMILES string of the molecule is COc1ccc(CNC(=O)C2CCN(c3cc(C)nc(C(C)C)n3)CC2)cc1. The Kier molecular flexibility index (Phi) is 6.49. The molecular formula is C22H30N4O2. The lowest BCUT2D eigenvalue weighted by molar-refractivity contribution is -0.125. The average Bonchev–Trinajstić information content (AvgIpc) is 2.72. The molecule has 0 unspecified atom stereocenters. The normalized spacial score (nSPS) is 15.0. The zero-order valence-electron chi connectivity index (χ0n) is 17.2. The standard InChI is InChI=1S/C22H30N4O2/c1-15(2)21-24-16(3)13-20(25-21)26-11-9-18(10-12-26)22(27)23-14-17-5-7-19(28-4)8-6-17/h5-8,13,15,18H,9-12,14H2,1-4H3,(H,23,27). The van der Waals surface area contributed by atoms with Crippen LogP contribution in [0.15, 0.2) is 30.3 Å². The molecule has 0 bridgehead atoms. The molecule has 28 heavy (non-hydrogen) atoms. The lowest BCUT2D eigenvalue weighted by Crippen LogP contribution is -2.40. The lowest BCUT2D eigenvalue weighted by atomic mass is 9.95. The van der Waals surface area contributed by atoms with E-state index in [4.69, 9.17) is 9.72 Å². The number of rotatable bonds is 6. The number of hydrogen-bond acceptors (Lipinski definition) is 5. The molecule has 0 radical (unpaired) electrons. The Hall–Kier alpha value is -2.63. The van der Waals surface area contributed by atoms with Crippen LogP contribution in [-0.2, 0) is 11.3 Å². The summed E-state index contributed by atoms with van der Waals surface area (Å²) in [5, 5.41) is 3.07. The van der Waals surface area contributed by atoms with Crippen LogP contribution in [0.3, 0.4) is 0 Å². The predicted molar refractivity (Wildman–Crippen MR) is 111 cm³/mol. The first-order valence-electron chi connectivity index (χ1n) is 9.97. The van der Waals surface area contributed by atoms with Gasteiger partial charge >= 0.3 is 0 Å². The van der Waals surface area contributed by atoms with Crippen LogP contribution in [0.1, 0.15) is 49.7 Å². The predicted octanol–water partition coefficient (Wildman–Crippen LogP) is 3.45. The molecule has 1 aromatic carbocycles. The van der Waals surface area contributed by atoms with Crippen LogP contribution in [0.4, 0.5) is 5.82 Å². The topological polar surface area (TPSA) is 67.3 Å². The molecule has 0 aliphatic carbocycles. The van der Waals surface area contributed by atoms with Crippen molar-refractivity contribution in [3.05, 3.63) is 47.4 Å². The number of ether oxygens (including phenoxy) is 1. The van der Waals surface area contributed by atoms with E-state index in [0.29, 0.717) is 12.5 Å². The highest BCUT2D eigenvalue weighted by molar-refractivity contribution is 5.79. The lowest BCUT2D eigenvalue weighted by Gasteiger charge is -2.32. The van der Waals surface area contributed by atoms with Crippen molar-refractivity contribution in [1.29, 1.82) is 0 Å². The van der Waals surface area contributed by atoms with E-state index in [2.05, 4.69) is 29.0 Å². The zero-order chi connectivity index (χ0) is 20.1. The number of nitrogens with zero attached hydrogens (tertiary/aromatic N) is 3. The molecule has 0 atom stereocenters. The van der Waals surface area contributed by atoms with Gasteiger partial charge in [-0.2, -0.15) is 0 Å². The minimum absolute atomic E-state index is 0.0574. The Balaban J connectivity index is 1.52. The highest BCUT2D eigenvalue weighted by Crippen LogP contribution is 2.24. The summed E-state index contributed by atoms with van der Waals surface area (Å²) in [7, 11) is 1.65. The smallest absolute Gasteiger partial charge is 0.223 e. The summed E-state index contributed by atoms with van der Waals surface area (Å²) < 4.78 is 5.16. The summed E-state index contributed by atoms with van der Waals surface area (Å²) in [6, 6.07) is 9.82. The van der Waals surface area contributed by atoms with Crippen molar-refractivity contribution < 1.29 is 9.53 Å². The van der Waals surface area contributed by atoms with Gasteiger partial charge in [-0.05, 0) is 37.5 Å². The van der Waals surface area contributed by atoms with Crippen LogP contribution < -0.4 is 15.0 Å². The number of benzene rings is 1. The highest BCUT2D eigenvalue weighted by atomic mass is 16.5. The van der Waals surface area contributed by atoms with Crippen LogP contribution in [0, 0.1) is 12.8 Å². The summed E-state index contributed by atoms with van der Waals surface area (Å²) in [5.74, 6) is 3.19. The van der Waals surface area contributed by atoms with E-state index in [-0.39, 0.29) is 11.8 Å². The zero-order valence-corrected chi connectivity index (χ0v) is 17.2. The molecule has 3 rings (SSSR count). The highest BCUT2D eigenvalue weighted by Gasteiger charge is 2.26. The van der Waals surface area contributed by atoms with E-state index in [1.807, 2.05) is 37.3 Å². The van der Waals surface area contributed by atoms with Crippen molar-refractivity contribution in [3.8, 4) is 5.75 Å². The molecule has 6 nitrogen and oxygen atoms in total. The maximum atomic E-state index is 12.6. The molecule has 1 N–H and O–H groups in total. The molecular weight excluding hydrogens is 352 g/mol. The third-order valence-electron chi connectivity index (χ3n) is 5.19. The molecule has 0 spiro atoms. The number of aryl methyl sites for hydroxylation is 1. The van der Waals surface area contributed by atoms with Crippen molar-refractivity contribution in [2.24, 2.45) is 5.92 Å². The van der Waals surface area contributed by atoms with Crippen LogP contribution in [0.2, 0.25) is 0 Å². The number of aromatic nitrogens is 2. The molecule has 1 saturated heterocycles. The van der Waals surface area contributed by atoms with Gasteiger partial charge in [0.15, 0.2) is 0 Å². The first-order chi connectivity index (χ1) is 13.5. The number of methoxy groups -OCH3 is 1. The fraction of sp³-hybridized carbons (Fsp3) is 0.500. The maximum absolute atomic E-state index is 12.6. The van der Waals surface area contributed by atoms with Gasteiger partial charge in [-0.15, -0.1) is 0 Å². The Bertz CT molecular complexity index is 797. The van der Waals surface area contributed by atoms with Crippen molar-refractivity contribution in [2.45, 2.75) is 46.1 Å². The van der Waals surface area contributed by atoms with E-state index in [0.717, 1.165) is 54.6 Å². The van der Waals surface area contributed by atoms with Gasteiger partial charge in [-0.3, -0.25) is 4.79 Å². The summed E-state index contributed by atoms with van der Waals surface area (Å²) in [4.78, 5) is 24.1. The number of carbonyl (C=O) groups is 1. The van der Waals surface area contributed by atoms with E-state index in [1.165, 1.54) is 0 Å². The second kappa shape index (κ2) is 9.04. The van der Waals surface area contributed by atoms with E-state index in [1.54, 1.807) is 7.11 Å². The van der Waals surface area contributed by atoms with Gasteiger partial charge in [0.2, 0.25) is 5.91 Å². The molecule has 1 amide bonds. The first kappa shape index (κ1) is 20.1. The Morgan fingerprint density at radius 1 is 1.21 bits per heavy atom. The van der Waals surface area contributed by atoms with Gasteiger partial charge < -0.3 is 15.0 Å². The number of carbonyl (C=O) groups excluding carboxylic acids is 1. The summed E-state index contributed by atoms with van der Waals surface area (Å²) >= 11 is 0. The fourth-order valence-electron chi connectivity index (χ4n) is 3.44. The maximum Gasteiger partial charge on any atom is 0.223 e. The molecule has 2 aromatic rings. The van der Waals surface area contributed by atoms with Gasteiger partial charge in [0, 0.05) is 43.2 Å². The largest absolute Gasteiger partial charge is 0.497 e. The van der Waals surface area contributed by atoms with Gasteiger partial charge in [0.1, 0.15) is 17.4 Å². The fourth-order valence-corrected chi connectivity index (χ4v) is 3.44. The van der Waals surface area contributed by atoms with E-state index < -0.39 is 0 Å². The third kappa shape index (κ3) is 5.00. The molecule has 2 heterocycles. The summed E-state index contributed by atoms with van der Waals surface area (Å²) in [5.41, 5.74) is 2.07. The molecule has 0 saturated carbocycles. The van der Waals surface area contributed by atoms with Crippen LogP contribution in [0.25, 0.3) is 0 Å². The molecule has 1 aliphatic rings. The Labute approximate surface area is 167 Å². The van der Waals surface area contributed by atoms with Crippen LogP contribution in [-0.4, -0.2) is 36.1 Å². The van der Waals surface area contributed by atoms with Gasteiger partial charge in [0.05, 0.1) is 7.11 Å². The van der Waals surface area contributed by atoms with Crippen molar-refractivity contribution in [1.82, 2.24) is 15.3 Å². The summed E-state index contributed by atoms with van der Waals surface area (Å²) in [6.45, 7) is 8.46. The molecule has 6 heteroatoms. The van der Waals surface area contributed by atoms with Crippen molar-refractivity contribution in [3.63, 3.8) is 0 Å². The van der Waals surface area contributed by atoms with Gasteiger partial charge in [0.25, 0.3) is 0 Å². The number of nitrogens with one attached hydrogen (secondary N) is 1. The Morgan fingerprint density at radius 3 is 2.50 bits per heavy atom. The minimum atomic E-state index is 0.0574. The third-order valence-corrected chi connectivity index (χ3v) is 5.19. The van der Waals surface area contributed by atoms with E-state index in [9.17, 15) is 4.79 Å². The quantitative estimate of drug-likeness (QED) is 0.829. The second-order valence-electron chi connectivity index (χ2n) is 7.71. The second-order valence-corrected chi connectivity index (χ2v) is 7.71. The Morgan fingerprint density at radius 2 is 1.89 bits per heavy atom. The molecule has 1 fully saturated rings. The first-order valence-corrected chi connectivity index (χ1v) is 9.97. The van der Waals surface area contributed by atoms with Crippen LogP contribution in [0.5, 0.6) is 5.75 Å². The molecule has 150 valence electrons. The average molecular weight is 383 g/mol. The van der Waals surface area contributed by atoms with Crippen LogP contribution >= 0.6 is 0 Å². The minimum Gasteiger partial charge on any atom is -0.497 e. The van der Waals surface area contributed by atoms with Crippen molar-refractivity contribution >= 4 is 11.7 Å². The molecule has 1 aromatic heterocycles. The number of piperidine rings is 1. The monoisotopic (exact) mass is 382 g/mol. The molecule has 1 aliphatic heterocycles. The summed E-state index contributed by atoms with van der Waals surface area (Å²) in [6.07, 6.45) is 1.68. The van der Waals surface area contributed by atoms with Crippen molar-refractivity contribution in [2.75, 3.05) is 25.1 Å². The van der Waals surface area contributed by atoms with Gasteiger partial charge in [-0.25, -0.2) is 9.97 Å². The number of anilines is 1. The number of amides is 1. The number of hydrogen-bond donors (Lipinski definition) is 1. The van der Waals surface area contributed by atoms with Gasteiger partial charge in [-0.1, -0.05) is 26.0 Å².